The van der Waals surface area contributed by atoms with Crippen LogP contribution >= 0.6 is 0 Å². The van der Waals surface area contributed by atoms with E-state index in [-0.39, 0.29) is 0 Å². The lowest BCUT2D eigenvalue weighted by atomic mass is 10.1. The molecule has 0 N–H and O–H groups in total. The average molecular weight is 297 g/mol. The highest BCUT2D eigenvalue weighted by molar-refractivity contribution is 5.41. The van der Waals surface area contributed by atoms with Gasteiger partial charge in [-0.25, -0.2) is 9.97 Å². The van der Waals surface area contributed by atoms with Crippen molar-refractivity contribution in [1.82, 2.24) is 9.97 Å². The van der Waals surface area contributed by atoms with Gasteiger partial charge in [-0.2, -0.15) is 0 Å². The first kappa shape index (κ1) is 14.8. The molecule has 4 nitrogen and oxygen atoms in total. The lowest BCUT2D eigenvalue weighted by molar-refractivity contribution is 0.168. The number of hydrogen-bond acceptors (Lipinski definition) is 4. The fourth-order valence-corrected chi connectivity index (χ4v) is 2.97. The van der Waals surface area contributed by atoms with E-state index in [2.05, 4.69) is 46.9 Å². The third-order valence-corrected chi connectivity index (χ3v) is 4.25. The van der Waals surface area contributed by atoms with Crippen molar-refractivity contribution in [2.45, 2.75) is 39.7 Å². The Morgan fingerprint density at radius 3 is 2.36 bits per heavy atom. The number of para-hydroxylation sites is 1. The molecule has 1 aromatic carbocycles. The standard InChI is InChI=1S/C18H23N3O/c1-13-5-4-6-14(2)18(13)22-16-7-9-21(10-8-16)17-11-15(3)19-12-20-17/h4-6,11-12,16H,7-10H2,1-3H3. The van der Waals surface area contributed by atoms with E-state index in [1.165, 1.54) is 11.1 Å². The van der Waals surface area contributed by atoms with Crippen LogP contribution in [0.2, 0.25) is 0 Å². The van der Waals surface area contributed by atoms with Crippen LogP contribution < -0.4 is 9.64 Å². The van der Waals surface area contributed by atoms with Gasteiger partial charge in [0, 0.05) is 37.7 Å². The smallest absolute Gasteiger partial charge is 0.132 e. The van der Waals surface area contributed by atoms with Gasteiger partial charge in [0.25, 0.3) is 0 Å². The second-order valence-electron chi connectivity index (χ2n) is 6.04. The number of nitrogens with zero attached hydrogens (tertiary/aromatic N) is 3. The zero-order chi connectivity index (χ0) is 15.5. The maximum atomic E-state index is 6.27. The van der Waals surface area contributed by atoms with Crippen LogP contribution in [0.1, 0.15) is 29.7 Å². The van der Waals surface area contributed by atoms with Gasteiger partial charge in [-0.15, -0.1) is 0 Å². The van der Waals surface area contributed by atoms with Crippen LogP contribution in [0.4, 0.5) is 5.82 Å². The molecule has 116 valence electrons. The lowest BCUT2D eigenvalue weighted by Crippen LogP contribution is -2.38. The predicted molar refractivity (Wildman–Crippen MR) is 88.5 cm³/mol. The average Bonchev–Trinajstić information content (AvgIpc) is 2.52. The molecule has 0 spiro atoms. The van der Waals surface area contributed by atoms with Gasteiger partial charge in [-0.1, -0.05) is 18.2 Å². The van der Waals surface area contributed by atoms with Crippen molar-refractivity contribution in [2.24, 2.45) is 0 Å². The molecule has 22 heavy (non-hydrogen) atoms. The molecule has 1 aliphatic rings. The second kappa shape index (κ2) is 6.34. The molecule has 4 heteroatoms. The van der Waals surface area contributed by atoms with Crippen LogP contribution in [0, 0.1) is 20.8 Å². The summed E-state index contributed by atoms with van der Waals surface area (Å²) in [6.07, 6.45) is 3.98. The molecule has 0 radical (unpaired) electrons. The normalized spacial score (nSPS) is 15.9. The highest BCUT2D eigenvalue weighted by Crippen LogP contribution is 2.27. The van der Waals surface area contributed by atoms with Crippen molar-refractivity contribution in [3.8, 4) is 5.75 Å². The maximum absolute atomic E-state index is 6.27. The van der Waals surface area contributed by atoms with E-state index in [0.717, 1.165) is 43.2 Å². The highest BCUT2D eigenvalue weighted by Gasteiger charge is 2.22. The molecule has 0 atom stereocenters. The molecular formula is C18H23N3O. The molecule has 1 aromatic heterocycles. The Morgan fingerprint density at radius 1 is 1.05 bits per heavy atom. The predicted octanol–water partition coefficient (Wildman–Crippen LogP) is 3.45. The van der Waals surface area contributed by atoms with Crippen molar-refractivity contribution >= 4 is 5.82 Å². The number of benzene rings is 1. The summed E-state index contributed by atoms with van der Waals surface area (Å²) in [7, 11) is 0. The molecular weight excluding hydrogens is 274 g/mol. The Labute approximate surface area is 132 Å². The maximum Gasteiger partial charge on any atom is 0.132 e. The van der Waals surface area contributed by atoms with Crippen LogP contribution in [-0.2, 0) is 0 Å². The largest absolute Gasteiger partial charge is 0.490 e. The van der Waals surface area contributed by atoms with Gasteiger partial charge in [0.05, 0.1) is 0 Å². The van der Waals surface area contributed by atoms with Crippen LogP contribution in [-0.4, -0.2) is 29.2 Å². The number of hydrogen-bond donors (Lipinski definition) is 0. The zero-order valence-electron chi connectivity index (χ0n) is 13.5. The Bertz CT molecular complexity index is 628. The third kappa shape index (κ3) is 3.21. The van der Waals surface area contributed by atoms with Gasteiger partial charge in [0.15, 0.2) is 0 Å². The van der Waals surface area contributed by atoms with Crippen LogP contribution in [0.5, 0.6) is 5.75 Å². The quantitative estimate of drug-likeness (QED) is 0.869. The molecule has 0 bridgehead atoms. The van der Waals surface area contributed by atoms with Gasteiger partial charge in [-0.3, -0.25) is 0 Å². The summed E-state index contributed by atoms with van der Waals surface area (Å²) in [5, 5.41) is 0. The minimum atomic E-state index is 0.291. The number of piperidine rings is 1. The van der Waals surface area contributed by atoms with Gasteiger partial charge >= 0.3 is 0 Å². The molecule has 0 unspecified atom stereocenters. The van der Waals surface area contributed by atoms with Crippen molar-refractivity contribution < 1.29 is 4.74 Å². The molecule has 2 heterocycles. The molecule has 0 amide bonds. The number of rotatable bonds is 3. The number of ether oxygens (including phenoxy) is 1. The molecule has 2 aromatic rings. The Balaban J connectivity index is 1.62. The summed E-state index contributed by atoms with van der Waals surface area (Å²) in [5.41, 5.74) is 3.45. The van der Waals surface area contributed by atoms with Gasteiger partial charge < -0.3 is 9.64 Å². The summed E-state index contributed by atoms with van der Waals surface area (Å²) in [6.45, 7) is 8.18. The first-order valence-corrected chi connectivity index (χ1v) is 7.90. The van der Waals surface area contributed by atoms with Crippen molar-refractivity contribution in [3.63, 3.8) is 0 Å². The topological polar surface area (TPSA) is 38.2 Å². The summed E-state index contributed by atoms with van der Waals surface area (Å²) < 4.78 is 6.27. The molecule has 1 aliphatic heterocycles. The van der Waals surface area contributed by atoms with Crippen molar-refractivity contribution in [3.05, 3.63) is 47.4 Å². The molecule has 0 saturated carbocycles. The van der Waals surface area contributed by atoms with Gasteiger partial charge in [-0.05, 0) is 31.9 Å². The van der Waals surface area contributed by atoms with E-state index in [4.69, 9.17) is 4.74 Å². The van der Waals surface area contributed by atoms with E-state index in [1.807, 2.05) is 13.0 Å². The minimum Gasteiger partial charge on any atom is -0.490 e. The van der Waals surface area contributed by atoms with Crippen molar-refractivity contribution in [1.29, 1.82) is 0 Å². The number of aryl methyl sites for hydroxylation is 3. The lowest BCUT2D eigenvalue weighted by Gasteiger charge is -2.33. The number of aromatic nitrogens is 2. The SMILES string of the molecule is Cc1cc(N2CCC(Oc3c(C)cccc3C)CC2)ncn1. The zero-order valence-corrected chi connectivity index (χ0v) is 13.5. The summed E-state index contributed by atoms with van der Waals surface area (Å²) in [4.78, 5) is 10.9. The van der Waals surface area contributed by atoms with Gasteiger partial charge in [0.1, 0.15) is 24.0 Å². The second-order valence-corrected chi connectivity index (χ2v) is 6.04. The van der Waals surface area contributed by atoms with Crippen molar-refractivity contribution in [2.75, 3.05) is 18.0 Å². The highest BCUT2D eigenvalue weighted by atomic mass is 16.5. The number of anilines is 1. The Hall–Kier alpha value is -2.10. The van der Waals surface area contributed by atoms with E-state index in [0.29, 0.717) is 6.10 Å². The minimum absolute atomic E-state index is 0.291. The molecule has 1 saturated heterocycles. The van der Waals surface area contributed by atoms with E-state index >= 15 is 0 Å². The van der Waals surface area contributed by atoms with E-state index in [9.17, 15) is 0 Å². The fourth-order valence-electron chi connectivity index (χ4n) is 2.97. The van der Waals surface area contributed by atoms with Gasteiger partial charge in [0.2, 0.25) is 0 Å². The first-order valence-electron chi connectivity index (χ1n) is 7.90. The molecule has 1 fully saturated rings. The Kier molecular flexibility index (Phi) is 4.27. The monoisotopic (exact) mass is 297 g/mol. The summed E-state index contributed by atoms with van der Waals surface area (Å²) in [5.74, 6) is 2.08. The first-order chi connectivity index (χ1) is 10.6. The molecule has 0 aliphatic carbocycles. The van der Waals surface area contributed by atoms with Crippen LogP contribution in [0.25, 0.3) is 0 Å². The summed E-state index contributed by atoms with van der Waals surface area (Å²) >= 11 is 0. The van der Waals surface area contributed by atoms with E-state index < -0.39 is 0 Å². The summed E-state index contributed by atoms with van der Waals surface area (Å²) in [6, 6.07) is 8.35. The fraction of sp³-hybridized carbons (Fsp3) is 0.444. The third-order valence-electron chi connectivity index (χ3n) is 4.25. The molecule has 3 rings (SSSR count). The van der Waals surface area contributed by atoms with Crippen LogP contribution in [0.15, 0.2) is 30.6 Å². The van der Waals surface area contributed by atoms with E-state index in [1.54, 1.807) is 6.33 Å². The van der Waals surface area contributed by atoms with Crippen LogP contribution in [0.3, 0.4) is 0 Å². The Morgan fingerprint density at radius 2 is 1.73 bits per heavy atom.